The summed E-state index contributed by atoms with van der Waals surface area (Å²) in [6.07, 6.45) is 0. The molecule has 0 fully saturated rings. The fourth-order valence-electron chi connectivity index (χ4n) is 3.25. The van der Waals surface area contributed by atoms with Gasteiger partial charge in [0.1, 0.15) is 18.1 Å². The Labute approximate surface area is 194 Å². The number of aromatic amines is 1. The van der Waals surface area contributed by atoms with Crippen LogP contribution in [-0.4, -0.2) is 28.6 Å². The van der Waals surface area contributed by atoms with E-state index >= 15 is 0 Å². The van der Waals surface area contributed by atoms with E-state index in [-0.39, 0.29) is 5.69 Å². The molecule has 0 saturated heterocycles. The predicted octanol–water partition coefficient (Wildman–Crippen LogP) is 2.98. The number of aromatic nitrogens is 2. The number of nitrogens with one attached hydrogen (secondary N) is 3. The quantitative estimate of drug-likeness (QED) is 0.366. The Morgan fingerprint density at radius 3 is 2.12 bits per heavy atom. The Morgan fingerprint density at radius 1 is 0.824 bits per heavy atom. The first-order valence-electron chi connectivity index (χ1n) is 10.6. The van der Waals surface area contributed by atoms with E-state index in [2.05, 4.69) is 21.0 Å². The van der Waals surface area contributed by atoms with Crippen LogP contribution in [-0.2, 0) is 6.61 Å². The number of ether oxygens (including phenoxy) is 2. The summed E-state index contributed by atoms with van der Waals surface area (Å²) in [5.41, 5.74) is 5.50. The largest absolute Gasteiger partial charge is 0.494 e. The van der Waals surface area contributed by atoms with E-state index in [9.17, 15) is 14.4 Å². The van der Waals surface area contributed by atoms with Crippen LogP contribution >= 0.6 is 0 Å². The maximum atomic E-state index is 12.5. The highest BCUT2D eigenvalue weighted by Crippen LogP contribution is 2.19. The summed E-state index contributed by atoms with van der Waals surface area (Å²) in [5.74, 6) is 0.334. The van der Waals surface area contributed by atoms with Gasteiger partial charge in [-0.25, -0.2) is 5.10 Å². The van der Waals surface area contributed by atoms with Crippen LogP contribution in [0.2, 0.25) is 0 Å². The maximum absolute atomic E-state index is 12.5. The van der Waals surface area contributed by atoms with Gasteiger partial charge in [-0.05, 0) is 55.0 Å². The molecule has 0 spiro atoms. The molecule has 2 amide bonds. The summed E-state index contributed by atoms with van der Waals surface area (Å²) in [4.78, 5) is 36.8. The van der Waals surface area contributed by atoms with Crippen molar-refractivity contribution in [2.45, 2.75) is 13.5 Å². The summed E-state index contributed by atoms with van der Waals surface area (Å²) in [6.45, 7) is 2.86. The molecule has 0 atom stereocenters. The minimum Gasteiger partial charge on any atom is -0.494 e. The Hall–Kier alpha value is -4.66. The van der Waals surface area contributed by atoms with Crippen molar-refractivity contribution in [1.82, 2.24) is 21.0 Å². The van der Waals surface area contributed by atoms with Gasteiger partial charge in [0.05, 0.1) is 12.0 Å². The molecule has 172 valence electrons. The number of hydrogen-bond acceptors (Lipinski definition) is 6. The average molecular weight is 458 g/mol. The van der Waals surface area contributed by atoms with Gasteiger partial charge in [-0.3, -0.25) is 25.2 Å². The lowest BCUT2D eigenvalue weighted by atomic mass is 10.1. The van der Waals surface area contributed by atoms with E-state index < -0.39 is 17.4 Å². The van der Waals surface area contributed by atoms with Crippen LogP contribution in [0.25, 0.3) is 10.8 Å². The topological polar surface area (TPSA) is 122 Å². The zero-order chi connectivity index (χ0) is 23.9. The summed E-state index contributed by atoms with van der Waals surface area (Å²) in [6, 6.07) is 20.7. The number of carbonyl (C=O) groups is 2. The highest BCUT2D eigenvalue weighted by molar-refractivity contribution is 6.05. The minimum atomic E-state index is -0.652. The molecular formula is C25H22N4O5. The van der Waals surface area contributed by atoms with Gasteiger partial charge in [-0.1, -0.05) is 30.3 Å². The molecule has 1 aromatic heterocycles. The first-order valence-corrected chi connectivity index (χ1v) is 10.6. The Kier molecular flexibility index (Phi) is 6.83. The molecule has 0 aliphatic carbocycles. The Balaban J connectivity index is 1.33. The summed E-state index contributed by atoms with van der Waals surface area (Å²) < 4.78 is 11.2. The molecule has 0 aliphatic rings. The van der Waals surface area contributed by atoms with Crippen LogP contribution in [0.1, 0.15) is 33.3 Å². The van der Waals surface area contributed by atoms with Crippen molar-refractivity contribution in [1.29, 1.82) is 0 Å². The second-order valence-electron chi connectivity index (χ2n) is 7.25. The van der Waals surface area contributed by atoms with Crippen molar-refractivity contribution < 1.29 is 19.1 Å². The molecule has 0 aliphatic heterocycles. The molecule has 9 nitrogen and oxygen atoms in total. The lowest BCUT2D eigenvalue weighted by Crippen LogP contribution is -2.42. The van der Waals surface area contributed by atoms with Gasteiger partial charge >= 0.3 is 0 Å². The molecule has 0 unspecified atom stereocenters. The lowest BCUT2D eigenvalue weighted by Gasteiger charge is -2.10. The van der Waals surface area contributed by atoms with Crippen molar-refractivity contribution in [3.8, 4) is 11.5 Å². The predicted molar refractivity (Wildman–Crippen MR) is 126 cm³/mol. The molecule has 4 aromatic rings. The van der Waals surface area contributed by atoms with Gasteiger partial charge in [0, 0.05) is 10.9 Å². The van der Waals surface area contributed by atoms with Crippen LogP contribution in [0.15, 0.2) is 77.6 Å². The van der Waals surface area contributed by atoms with E-state index in [1.165, 1.54) is 0 Å². The number of H-pyrrole nitrogens is 1. The maximum Gasteiger partial charge on any atom is 0.290 e. The molecule has 0 radical (unpaired) electrons. The highest BCUT2D eigenvalue weighted by Gasteiger charge is 2.15. The lowest BCUT2D eigenvalue weighted by molar-refractivity contribution is 0.0844. The zero-order valence-corrected chi connectivity index (χ0v) is 18.3. The molecule has 0 bridgehead atoms. The highest BCUT2D eigenvalue weighted by atomic mass is 16.5. The summed E-state index contributed by atoms with van der Waals surface area (Å²) in [7, 11) is 0. The number of rotatable bonds is 7. The molecular weight excluding hydrogens is 436 g/mol. The number of benzene rings is 3. The van der Waals surface area contributed by atoms with E-state index in [4.69, 9.17) is 9.47 Å². The van der Waals surface area contributed by atoms with Crippen LogP contribution in [0.5, 0.6) is 11.5 Å². The van der Waals surface area contributed by atoms with Crippen molar-refractivity contribution >= 4 is 22.6 Å². The van der Waals surface area contributed by atoms with Gasteiger partial charge in [-0.15, -0.1) is 0 Å². The third-order valence-corrected chi connectivity index (χ3v) is 4.96. The Morgan fingerprint density at radius 2 is 1.44 bits per heavy atom. The normalized spacial score (nSPS) is 10.5. The fourth-order valence-corrected chi connectivity index (χ4v) is 3.25. The van der Waals surface area contributed by atoms with Crippen LogP contribution in [0.3, 0.4) is 0 Å². The first kappa shape index (κ1) is 22.5. The standard InChI is InChI=1S/C25H22N4O5/c1-2-33-18-11-13-19(14-12-18)34-15-16-7-9-17(10-8-16)23(30)27-29-25(32)22-20-5-3-4-6-21(20)24(31)28-26-22/h3-14H,2,15H2,1H3,(H,27,30)(H,28,31)(H,29,32). The summed E-state index contributed by atoms with van der Waals surface area (Å²) >= 11 is 0. The number of hydrogen-bond donors (Lipinski definition) is 3. The van der Waals surface area contributed by atoms with E-state index in [1.807, 2.05) is 31.2 Å². The number of hydrazine groups is 1. The van der Waals surface area contributed by atoms with Gasteiger partial charge in [0.15, 0.2) is 5.69 Å². The molecule has 4 rings (SSSR count). The molecule has 9 heteroatoms. The Bertz CT molecular complexity index is 1360. The van der Waals surface area contributed by atoms with Gasteiger partial charge in [-0.2, -0.15) is 5.10 Å². The van der Waals surface area contributed by atoms with Crippen LogP contribution < -0.4 is 25.9 Å². The molecule has 34 heavy (non-hydrogen) atoms. The number of carbonyl (C=O) groups excluding carboxylic acids is 2. The van der Waals surface area contributed by atoms with Crippen molar-refractivity contribution in [2.24, 2.45) is 0 Å². The first-order chi connectivity index (χ1) is 16.5. The molecule has 0 saturated carbocycles. The van der Waals surface area contributed by atoms with E-state index in [0.717, 1.165) is 11.3 Å². The third kappa shape index (κ3) is 5.21. The van der Waals surface area contributed by atoms with Crippen LogP contribution in [0.4, 0.5) is 0 Å². The molecule has 3 N–H and O–H groups in total. The van der Waals surface area contributed by atoms with Gasteiger partial charge in [0.25, 0.3) is 17.4 Å². The van der Waals surface area contributed by atoms with E-state index in [0.29, 0.717) is 35.3 Å². The third-order valence-electron chi connectivity index (χ3n) is 4.96. The van der Waals surface area contributed by atoms with Crippen molar-refractivity contribution in [3.63, 3.8) is 0 Å². The second-order valence-corrected chi connectivity index (χ2v) is 7.25. The summed E-state index contributed by atoms with van der Waals surface area (Å²) in [5, 5.41) is 6.81. The van der Waals surface area contributed by atoms with Gasteiger partial charge in [0.2, 0.25) is 0 Å². The molecule has 1 heterocycles. The SMILES string of the molecule is CCOc1ccc(OCc2ccc(C(=O)NNC(=O)c3n[nH]c(=O)c4ccccc34)cc2)cc1. The average Bonchev–Trinajstić information content (AvgIpc) is 2.87. The minimum absolute atomic E-state index is 0.00251. The van der Waals surface area contributed by atoms with Crippen LogP contribution in [0, 0.1) is 0 Å². The molecule has 3 aromatic carbocycles. The fraction of sp³-hybridized carbons (Fsp3) is 0.120. The zero-order valence-electron chi connectivity index (χ0n) is 18.3. The van der Waals surface area contributed by atoms with E-state index in [1.54, 1.807) is 48.5 Å². The monoisotopic (exact) mass is 458 g/mol. The van der Waals surface area contributed by atoms with Crippen molar-refractivity contribution in [2.75, 3.05) is 6.61 Å². The number of fused-ring (bicyclic) bond motifs is 1. The van der Waals surface area contributed by atoms with Gasteiger partial charge < -0.3 is 9.47 Å². The van der Waals surface area contributed by atoms with Crippen molar-refractivity contribution in [3.05, 3.63) is 100.0 Å². The second kappa shape index (κ2) is 10.3. The number of amides is 2. The number of nitrogens with zero attached hydrogens (tertiary/aromatic N) is 1. The smallest absolute Gasteiger partial charge is 0.290 e.